The number of aromatic nitrogens is 2. The second-order valence-electron chi connectivity index (χ2n) is 1.83. The number of nitrogens with zero attached hydrogens (tertiary/aromatic N) is 1. The normalized spacial score (nSPS) is 11.9. The van der Waals surface area contributed by atoms with Crippen molar-refractivity contribution in [1.29, 1.82) is 0 Å². The van der Waals surface area contributed by atoms with E-state index in [1.54, 1.807) is 0 Å². The summed E-state index contributed by atoms with van der Waals surface area (Å²) >= 11 is 0. The number of hydrogen-bond donors (Lipinski definition) is 2. The first kappa shape index (κ1) is 7.14. The van der Waals surface area contributed by atoms with E-state index >= 15 is 0 Å². The van der Waals surface area contributed by atoms with E-state index in [9.17, 15) is 8.78 Å². The van der Waals surface area contributed by atoms with Crippen LogP contribution in [0.3, 0.4) is 0 Å². The fraction of sp³-hybridized carbons (Fsp3) is 0.400. The summed E-state index contributed by atoms with van der Waals surface area (Å²) < 4.78 is 24.8. The summed E-state index contributed by atoms with van der Waals surface area (Å²) in [7, 11) is 0. The maximum Gasteiger partial charge on any atom is 0.311 e. The minimum Gasteiger partial charge on any atom is -0.390 e. The first-order valence-electron chi connectivity index (χ1n) is 2.65. The molecule has 2 N–H and O–H groups in total. The Morgan fingerprint density at radius 1 is 1.70 bits per heavy atom. The van der Waals surface area contributed by atoms with Crippen molar-refractivity contribution in [3.05, 3.63) is 18.0 Å². The number of H-pyrrole nitrogens is 1. The Morgan fingerprint density at radius 2 is 2.40 bits per heavy atom. The van der Waals surface area contributed by atoms with E-state index in [0.29, 0.717) is 0 Å². The molecule has 0 saturated heterocycles. The molecule has 0 aliphatic rings. The van der Waals surface area contributed by atoms with Gasteiger partial charge in [-0.3, -0.25) is 5.10 Å². The van der Waals surface area contributed by atoms with Gasteiger partial charge in [-0.25, -0.2) is 0 Å². The third-order valence-electron chi connectivity index (χ3n) is 1.09. The van der Waals surface area contributed by atoms with E-state index in [4.69, 9.17) is 5.11 Å². The molecule has 1 aromatic rings. The largest absolute Gasteiger partial charge is 0.390 e. The van der Waals surface area contributed by atoms with E-state index in [0.717, 1.165) is 6.07 Å². The van der Waals surface area contributed by atoms with Gasteiger partial charge in [-0.15, -0.1) is 0 Å². The summed E-state index contributed by atoms with van der Waals surface area (Å²) in [6.45, 7) is -1.20. The van der Waals surface area contributed by atoms with Crippen LogP contribution in [-0.4, -0.2) is 21.9 Å². The molecule has 1 rings (SSSR count). The van der Waals surface area contributed by atoms with E-state index in [1.807, 2.05) is 0 Å². The molecule has 0 saturated carbocycles. The van der Waals surface area contributed by atoms with Gasteiger partial charge in [-0.2, -0.15) is 13.9 Å². The van der Waals surface area contributed by atoms with E-state index in [-0.39, 0.29) is 5.69 Å². The molecule has 0 amide bonds. The van der Waals surface area contributed by atoms with Crippen molar-refractivity contribution >= 4 is 0 Å². The predicted octanol–water partition coefficient (Wildman–Crippen LogP) is 0.494. The molecule has 0 bridgehead atoms. The maximum atomic E-state index is 12.4. The van der Waals surface area contributed by atoms with Crippen molar-refractivity contribution in [3.63, 3.8) is 0 Å². The van der Waals surface area contributed by atoms with Gasteiger partial charge in [0.05, 0.1) is 0 Å². The third-order valence-corrected chi connectivity index (χ3v) is 1.09. The molecular formula is C5H6F2N2O. The van der Waals surface area contributed by atoms with Gasteiger partial charge in [0.25, 0.3) is 0 Å². The molecule has 0 unspecified atom stereocenters. The molecule has 0 spiro atoms. The number of halogens is 2. The molecule has 3 nitrogen and oxygen atoms in total. The third kappa shape index (κ3) is 1.13. The van der Waals surface area contributed by atoms with Crippen LogP contribution < -0.4 is 0 Å². The van der Waals surface area contributed by atoms with Crippen molar-refractivity contribution in [1.82, 2.24) is 10.2 Å². The number of aromatic amines is 1. The lowest BCUT2D eigenvalue weighted by molar-refractivity contribution is -0.0592. The summed E-state index contributed by atoms with van der Waals surface area (Å²) in [5, 5.41) is 13.6. The SMILES string of the molecule is OCC(F)(F)c1ccn[nH]1. The molecule has 0 aromatic carbocycles. The fourth-order valence-electron chi connectivity index (χ4n) is 0.545. The monoisotopic (exact) mass is 148 g/mol. The van der Waals surface area contributed by atoms with E-state index < -0.39 is 12.5 Å². The lowest BCUT2D eigenvalue weighted by atomic mass is 10.2. The van der Waals surface area contributed by atoms with Gasteiger partial charge in [-0.05, 0) is 6.07 Å². The van der Waals surface area contributed by atoms with Crippen LogP contribution in [0.25, 0.3) is 0 Å². The number of alkyl halides is 2. The van der Waals surface area contributed by atoms with Gasteiger partial charge in [0.2, 0.25) is 0 Å². The summed E-state index contributed by atoms with van der Waals surface area (Å²) in [5.74, 6) is -3.20. The lowest BCUT2D eigenvalue weighted by Crippen LogP contribution is -2.18. The van der Waals surface area contributed by atoms with Crippen LogP contribution in [0.2, 0.25) is 0 Å². The highest BCUT2D eigenvalue weighted by molar-refractivity contribution is 5.05. The number of aliphatic hydroxyl groups excluding tert-OH is 1. The lowest BCUT2D eigenvalue weighted by Gasteiger charge is -2.08. The molecule has 1 heterocycles. The molecule has 10 heavy (non-hydrogen) atoms. The van der Waals surface area contributed by atoms with Crippen LogP contribution in [0.5, 0.6) is 0 Å². The van der Waals surface area contributed by atoms with Gasteiger partial charge < -0.3 is 5.11 Å². The van der Waals surface area contributed by atoms with Crippen molar-refractivity contribution in [2.45, 2.75) is 5.92 Å². The molecule has 0 atom stereocenters. The van der Waals surface area contributed by atoms with Crippen LogP contribution in [0, 0.1) is 0 Å². The zero-order chi connectivity index (χ0) is 7.61. The van der Waals surface area contributed by atoms with Gasteiger partial charge in [0, 0.05) is 6.20 Å². The molecule has 0 radical (unpaired) electrons. The number of hydrogen-bond acceptors (Lipinski definition) is 2. The Labute approximate surface area is 55.7 Å². The molecule has 5 heteroatoms. The number of aliphatic hydroxyl groups is 1. The van der Waals surface area contributed by atoms with Gasteiger partial charge in [0.15, 0.2) is 0 Å². The Kier molecular flexibility index (Phi) is 1.67. The number of nitrogens with one attached hydrogen (secondary N) is 1. The van der Waals surface area contributed by atoms with Crippen LogP contribution in [0.4, 0.5) is 8.78 Å². The van der Waals surface area contributed by atoms with Crippen LogP contribution in [-0.2, 0) is 5.92 Å². The van der Waals surface area contributed by atoms with Gasteiger partial charge in [0.1, 0.15) is 12.3 Å². The Hall–Kier alpha value is -0.970. The summed E-state index contributed by atoms with van der Waals surface area (Å²) in [6.07, 6.45) is 1.21. The minimum absolute atomic E-state index is 0.366. The molecule has 0 aliphatic heterocycles. The van der Waals surface area contributed by atoms with Crippen LogP contribution >= 0.6 is 0 Å². The molecular weight excluding hydrogens is 142 g/mol. The Morgan fingerprint density at radius 3 is 2.80 bits per heavy atom. The first-order chi connectivity index (χ1) is 4.67. The van der Waals surface area contributed by atoms with Crippen LogP contribution in [0.15, 0.2) is 12.3 Å². The molecule has 0 fully saturated rings. The highest BCUT2D eigenvalue weighted by Gasteiger charge is 2.31. The maximum absolute atomic E-state index is 12.4. The van der Waals surface area contributed by atoms with Crippen molar-refractivity contribution in [3.8, 4) is 0 Å². The summed E-state index contributed by atoms with van der Waals surface area (Å²) in [6, 6.07) is 1.12. The van der Waals surface area contributed by atoms with Crippen molar-refractivity contribution < 1.29 is 13.9 Å². The van der Waals surface area contributed by atoms with Crippen molar-refractivity contribution in [2.75, 3.05) is 6.61 Å². The van der Waals surface area contributed by atoms with Gasteiger partial charge >= 0.3 is 5.92 Å². The number of rotatable bonds is 2. The quantitative estimate of drug-likeness (QED) is 0.641. The molecule has 56 valence electrons. The average molecular weight is 148 g/mol. The second kappa shape index (κ2) is 2.34. The zero-order valence-corrected chi connectivity index (χ0v) is 5.01. The smallest absolute Gasteiger partial charge is 0.311 e. The van der Waals surface area contributed by atoms with Crippen LogP contribution in [0.1, 0.15) is 5.69 Å². The molecule has 1 aromatic heterocycles. The zero-order valence-electron chi connectivity index (χ0n) is 5.01. The van der Waals surface area contributed by atoms with Gasteiger partial charge in [-0.1, -0.05) is 0 Å². The van der Waals surface area contributed by atoms with E-state index in [2.05, 4.69) is 10.2 Å². The van der Waals surface area contributed by atoms with Crippen molar-refractivity contribution in [2.24, 2.45) is 0 Å². The van der Waals surface area contributed by atoms with E-state index in [1.165, 1.54) is 6.20 Å². The Bertz CT molecular complexity index is 197. The highest BCUT2D eigenvalue weighted by atomic mass is 19.3. The fourth-order valence-corrected chi connectivity index (χ4v) is 0.545. The summed E-state index contributed by atoms with van der Waals surface area (Å²) in [4.78, 5) is 0. The average Bonchev–Trinajstić information content (AvgIpc) is 2.38. The summed E-state index contributed by atoms with van der Waals surface area (Å²) in [5.41, 5.74) is -0.366. The molecule has 0 aliphatic carbocycles. The standard InChI is InChI=1S/C5H6F2N2O/c6-5(7,3-10)4-1-2-8-9-4/h1-2,10H,3H2,(H,8,9). The minimum atomic E-state index is -3.20. The Balaban J connectivity index is 2.85. The highest BCUT2D eigenvalue weighted by Crippen LogP contribution is 2.24. The topological polar surface area (TPSA) is 48.9 Å². The predicted molar refractivity (Wildman–Crippen MR) is 29.6 cm³/mol. The second-order valence-corrected chi connectivity index (χ2v) is 1.83. The first-order valence-corrected chi connectivity index (χ1v) is 2.65.